The SMILES string of the molecule is c1ccc(C2(c3ccccc3)c3ccccc3-c3ccc(-c4nc(-c5cccc6c5-c5ccccc5C6(c5ccccc5)c5ccccc5)nc(-c5cccc6c5sc5ccccc56)n4)cc32)cc1. The molecule has 2 heterocycles. The Kier molecular flexibility index (Phi) is 8.89. The van der Waals surface area contributed by atoms with Crippen LogP contribution in [0.15, 0.2) is 249 Å². The van der Waals surface area contributed by atoms with E-state index < -0.39 is 10.8 Å². The third kappa shape index (κ3) is 5.70. The van der Waals surface area contributed by atoms with Crippen LogP contribution in [0.4, 0.5) is 0 Å². The Morgan fingerprint density at radius 3 is 1.38 bits per heavy atom. The van der Waals surface area contributed by atoms with E-state index in [4.69, 9.17) is 15.0 Å². The van der Waals surface area contributed by atoms with E-state index in [-0.39, 0.29) is 0 Å². The first-order valence-electron chi connectivity index (χ1n) is 23.6. The molecule has 0 bridgehead atoms. The largest absolute Gasteiger partial charge is 0.208 e. The molecule has 3 nitrogen and oxygen atoms in total. The summed E-state index contributed by atoms with van der Waals surface area (Å²) in [6.07, 6.45) is 0. The third-order valence-electron chi connectivity index (χ3n) is 14.7. The van der Waals surface area contributed by atoms with Gasteiger partial charge in [-0.1, -0.05) is 231 Å². The highest BCUT2D eigenvalue weighted by Crippen LogP contribution is 2.59. The molecule has 14 rings (SSSR count). The van der Waals surface area contributed by atoms with E-state index in [0.29, 0.717) is 17.5 Å². The van der Waals surface area contributed by atoms with Crippen LogP contribution in [0.5, 0.6) is 0 Å². The highest BCUT2D eigenvalue weighted by atomic mass is 32.1. The monoisotopic (exact) mass is 895 g/mol. The van der Waals surface area contributed by atoms with Gasteiger partial charge in [0.2, 0.25) is 0 Å². The first-order chi connectivity index (χ1) is 34.2. The van der Waals surface area contributed by atoms with Crippen LogP contribution >= 0.6 is 11.3 Å². The lowest BCUT2D eigenvalue weighted by molar-refractivity contribution is 0.768. The topological polar surface area (TPSA) is 38.7 Å². The first-order valence-corrected chi connectivity index (χ1v) is 24.4. The zero-order chi connectivity index (χ0) is 45.5. The summed E-state index contributed by atoms with van der Waals surface area (Å²) in [4.78, 5) is 16.7. The molecule has 0 saturated heterocycles. The summed E-state index contributed by atoms with van der Waals surface area (Å²) in [6, 6.07) is 90.4. The van der Waals surface area contributed by atoms with Crippen LogP contribution in [-0.2, 0) is 10.8 Å². The van der Waals surface area contributed by atoms with Crippen molar-refractivity contribution in [3.05, 3.63) is 293 Å². The van der Waals surface area contributed by atoms with Crippen LogP contribution in [-0.4, -0.2) is 15.0 Å². The molecule has 0 spiro atoms. The van der Waals surface area contributed by atoms with Gasteiger partial charge in [-0.05, 0) is 85.0 Å². The highest BCUT2D eigenvalue weighted by Gasteiger charge is 2.48. The number of thiophene rings is 1. The summed E-state index contributed by atoms with van der Waals surface area (Å²) >= 11 is 1.80. The molecular formula is C65H41N3S. The normalized spacial score (nSPS) is 13.7. The van der Waals surface area contributed by atoms with Crippen molar-refractivity contribution in [1.29, 1.82) is 0 Å². The molecule has 2 aliphatic carbocycles. The fourth-order valence-corrected chi connectivity index (χ4v) is 13.1. The van der Waals surface area contributed by atoms with Gasteiger partial charge in [0.05, 0.1) is 10.8 Å². The molecule has 0 amide bonds. The van der Waals surface area contributed by atoms with Gasteiger partial charge in [0.15, 0.2) is 17.5 Å². The smallest absolute Gasteiger partial charge is 0.165 e. The molecule has 2 aliphatic rings. The second-order valence-corrected chi connectivity index (χ2v) is 19.2. The van der Waals surface area contributed by atoms with Gasteiger partial charge in [0, 0.05) is 36.9 Å². The number of benzene rings is 10. The second kappa shape index (κ2) is 15.5. The molecule has 0 radical (unpaired) electrons. The van der Waals surface area contributed by atoms with Gasteiger partial charge < -0.3 is 0 Å². The lowest BCUT2D eigenvalue weighted by Crippen LogP contribution is -2.28. The number of fused-ring (bicyclic) bond motifs is 9. The summed E-state index contributed by atoms with van der Waals surface area (Å²) in [5.41, 5.74) is 16.3. The Hall–Kier alpha value is -8.57. The van der Waals surface area contributed by atoms with E-state index in [2.05, 4.69) is 249 Å². The zero-order valence-electron chi connectivity index (χ0n) is 37.4. The minimum Gasteiger partial charge on any atom is -0.208 e. The Balaban J connectivity index is 1.06. The molecule has 0 atom stereocenters. The highest BCUT2D eigenvalue weighted by molar-refractivity contribution is 7.26. The van der Waals surface area contributed by atoms with Crippen molar-refractivity contribution in [2.24, 2.45) is 0 Å². The Bertz CT molecular complexity index is 3880. The van der Waals surface area contributed by atoms with Gasteiger partial charge in [0.1, 0.15) is 0 Å². The van der Waals surface area contributed by atoms with Crippen LogP contribution in [0.3, 0.4) is 0 Å². The van der Waals surface area contributed by atoms with Crippen molar-refractivity contribution >= 4 is 31.5 Å². The van der Waals surface area contributed by atoms with Gasteiger partial charge in [-0.2, -0.15) is 0 Å². The quantitative estimate of drug-likeness (QED) is 0.160. The standard InChI is InChI=1S/C65H41N3S/c1-5-21-43(22-6-1)64(44-23-7-2-8-24-44)55-36-17-14-31-51(55)59-52(33-20-37-56(59)64)62-66-61(67-63(68-62)53-34-19-32-50-49-30-15-18-38-58(49)69-60(50)53)42-39-40-48-47-29-13-16-35-54(47)65(57(48)41-42,45-25-9-3-10-26-45)46-27-11-4-12-28-46/h1-41H. The minimum absolute atomic E-state index is 0.570. The fraction of sp³-hybridized carbons (Fsp3) is 0.0308. The third-order valence-corrected chi connectivity index (χ3v) is 15.9. The van der Waals surface area contributed by atoms with Crippen molar-refractivity contribution in [2.75, 3.05) is 0 Å². The Labute approximate surface area is 404 Å². The lowest BCUT2D eigenvalue weighted by Gasteiger charge is -2.34. The van der Waals surface area contributed by atoms with Crippen LogP contribution in [0, 0.1) is 0 Å². The van der Waals surface area contributed by atoms with E-state index in [1.54, 1.807) is 11.3 Å². The molecule has 2 aromatic heterocycles. The molecular weight excluding hydrogens is 855 g/mol. The van der Waals surface area contributed by atoms with E-state index in [0.717, 1.165) is 27.0 Å². The number of nitrogens with zero attached hydrogens (tertiary/aromatic N) is 3. The minimum atomic E-state index is -0.575. The maximum absolute atomic E-state index is 5.61. The molecule has 10 aromatic carbocycles. The molecule has 12 aromatic rings. The van der Waals surface area contributed by atoms with Crippen molar-refractivity contribution in [3.8, 4) is 56.4 Å². The maximum Gasteiger partial charge on any atom is 0.165 e. The van der Waals surface area contributed by atoms with Gasteiger partial charge in [-0.15, -0.1) is 11.3 Å². The van der Waals surface area contributed by atoms with Crippen molar-refractivity contribution < 1.29 is 0 Å². The number of hydrogen-bond acceptors (Lipinski definition) is 4. The van der Waals surface area contributed by atoms with Gasteiger partial charge in [-0.25, -0.2) is 15.0 Å². The van der Waals surface area contributed by atoms with Crippen molar-refractivity contribution in [1.82, 2.24) is 15.0 Å². The molecule has 0 saturated carbocycles. The number of aromatic nitrogens is 3. The van der Waals surface area contributed by atoms with Crippen LogP contribution < -0.4 is 0 Å². The van der Waals surface area contributed by atoms with Gasteiger partial charge in [0.25, 0.3) is 0 Å². The van der Waals surface area contributed by atoms with Gasteiger partial charge >= 0.3 is 0 Å². The summed E-state index contributed by atoms with van der Waals surface area (Å²) in [5, 5.41) is 2.44. The van der Waals surface area contributed by atoms with Gasteiger partial charge in [-0.3, -0.25) is 0 Å². The van der Waals surface area contributed by atoms with E-state index in [9.17, 15) is 0 Å². The molecule has 69 heavy (non-hydrogen) atoms. The second-order valence-electron chi connectivity index (χ2n) is 18.1. The van der Waals surface area contributed by atoms with E-state index >= 15 is 0 Å². The van der Waals surface area contributed by atoms with Crippen LogP contribution in [0.1, 0.15) is 44.5 Å². The zero-order valence-corrected chi connectivity index (χ0v) is 38.2. The first kappa shape index (κ1) is 39.6. The Morgan fingerprint density at radius 2 is 0.725 bits per heavy atom. The Morgan fingerprint density at radius 1 is 0.290 bits per heavy atom. The van der Waals surface area contributed by atoms with E-state index in [1.807, 2.05) is 0 Å². The summed E-state index contributed by atoms with van der Waals surface area (Å²) in [5.74, 6) is 1.91. The van der Waals surface area contributed by atoms with E-state index in [1.165, 1.54) is 76.7 Å². The molecule has 0 N–H and O–H groups in total. The average molecular weight is 896 g/mol. The summed E-state index contributed by atoms with van der Waals surface area (Å²) in [7, 11) is 0. The fourth-order valence-electron chi connectivity index (χ4n) is 11.9. The number of hydrogen-bond donors (Lipinski definition) is 0. The molecule has 0 fully saturated rings. The van der Waals surface area contributed by atoms with Crippen LogP contribution in [0.25, 0.3) is 76.6 Å². The predicted octanol–water partition coefficient (Wildman–Crippen LogP) is 16.0. The average Bonchev–Trinajstić information content (AvgIpc) is 4.07. The van der Waals surface area contributed by atoms with Crippen LogP contribution in [0.2, 0.25) is 0 Å². The van der Waals surface area contributed by atoms with Crippen molar-refractivity contribution in [2.45, 2.75) is 10.8 Å². The summed E-state index contributed by atoms with van der Waals surface area (Å²) in [6.45, 7) is 0. The molecule has 4 heteroatoms. The lowest BCUT2D eigenvalue weighted by atomic mass is 9.67. The number of rotatable bonds is 7. The summed E-state index contributed by atoms with van der Waals surface area (Å²) < 4.78 is 2.40. The maximum atomic E-state index is 5.61. The van der Waals surface area contributed by atoms with Crippen molar-refractivity contribution in [3.63, 3.8) is 0 Å². The molecule has 322 valence electrons. The predicted molar refractivity (Wildman–Crippen MR) is 284 cm³/mol. The molecule has 0 unspecified atom stereocenters. The molecule has 0 aliphatic heterocycles.